The Morgan fingerprint density at radius 2 is 1.56 bits per heavy atom. The quantitative estimate of drug-likeness (QED) is 0.120. The minimum absolute atomic E-state index is 0.0188. The van der Waals surface area contributed by atoms with Gasteiger partial charge < -0.3 is 45.5 Å². The van der Waals surface area contributed by atoms with Crippen LogP contribution >= 0.6 is 0 Å². The summed E-state index contributed by atoms with van der Waals surface area (Å²) in [6.07, 6.45) is 6.82. The Labute approximate surface area is 282 Å². The molecule has 0 bridgehead atoms. The molecule has 13 heteroatoms. The molecular formula is C35H49N7O6. The summed E-state index contributed by atoms with van der Waals surface area (Å²) >= 11 is 0. The zero-order chi connectivity index (χ0) is 33.9. The van der Waals surface area contributed by atoms with Crippen molar-refractivity contribution in [3.05, 3.63) is 48.3 Å². The minimum Gasteiger partial charge on any atom is -0.493 e. The number of carbonyl (C=O) groups is 2. The van der Waals surface area contributed by atoms with E-state index in [4.69, 9.17) is 18.9 Å². The molecule has 48 heavy (non-hydrogen) atoms. The van der Waals surface area contributed by atoms with Crippen molar-refractivity contribution in [1.82, 2.24) is 31.2 Å². The smallest absolute Gasteiger partial charge is 0.251 e. The molecule has 2 aliphatic rings. The van der Waals surface area contributed by atoms with Gasteiger partial charge >= 0.3 is 0 Å². The van der Waals surface area contributed by atoms with Crippen LogP contribution in [0, 0.1) is 11.8 Å². The maximum Gasteiger partial charge on any atom is 0.251 e. The third-order valence-corrected chi connectivity index (χ3v) is 9.37. The second-order valence-corrected chi connectivity index (χ2v) is 12.4. The summed E-state index contributed by atoms with van der Waals surface area (Å²) in [5.74, 6) is 2.01. The Balaban J connectivity index is 0.995. The second-order valence-electron chi connectivity index (χ2n) is 12.4. The van der Waals surface area contributed by atoms with E-state index in [9.17, 15) is 9.59 Å². The first kappa shape index (κ1) is 35.3. The Bertz CT molecular complexity index is 1500. The molecule has 3 heterocycles. The van der Waals surface area contributed by atoms with Crippen molar-refractivity contribution in [3.63, 3.8) is 0 Å². The van der Waals surface area contributed by atoms with Crippen molar-refractivity contribution < 1.29 is 28.5 Å². The monoisotopic (exact) mass is 663 g/mol. The van der Waals surface area contributed by atoms with E-state index in [0.29, 0.717) is 66.0 Å². The molecule has 3 aromatic rings. The van der Waals surface area contributed by atoms with Gasteiger partial charge in [-0.1, -0.05) is 6.07 Å². The molecule has 5 rings (SSSR count). The molecule has 0 aliphatic carbocycles. The van der Waals surface area contributed by atoms with E-state index in [1.165, 1.54) is 6.33 Å². The summed E-state index contributed by atoms with van der Waals surface area (Å²) < 4.78 is 21.7. The topological polar surface area (TPSA) is 157 Å². The molecule has 2 saturated heterocycles. The van der Waals surface area contributed by atoms with Gasteiger partial charge in [-0.25, -0.2) is 9.97 Å². The van der Waals surface area contributed by atoms with Crippen LogP contribution in [0.25, 0.3) is 10.9 Å². The van der Waals surface area contributed by atoms with E-state index in [1.54, 1.807) is 46.6 Å². The third kappa shape index (κ3) is 8.90. The van der Waals surface area contributed by atoms with Crippen molar-refractivity contribution >= 4 is 34.2 Å². The van der Waals surface area contributed by atoms with Crippen LogP contribution in [0.5, 0.6) is 11.5 Å². The number of hydrogen-bond donors (Lipinski definition) is 5. The van der Waals surface area contributed by atoms with Gasteiger partial charge in [-0.15, -0.1) is 0 Å². The van der Waals surface area contributed by atoms with Gasteiger partial charge in [-0.05, 0) is 62.8 Å². The number of fused-ring (bicyclic) bond motifs is 1. The van der Waals surface area contributed by atoms with Gasteiger partial charge in [-0.2, -0.15) is 0 Å². The van der Waals surface area contributed by atoms with E-state index in [0.717, 1.165) is 56.1 Å². The summed E-state index contributed by atoms with van der Waals surface area (Å²) in [6, 6.07) is 11.7. The number of carbonyl (C=O) groups excluding carboxylic acids is 2. The van der Waals surface area contributed by atoms with E-state index in [1.807, 2.05) is 18.2 Å². The first-order chi connectivity index (χ1) is 23.4. The highest BCUT2D eigenvalue weighted by atomic mass is 16.7. The van der Waals surface area contributed by atoms with Crippen LogP contribution in [-0.4, -0.2) is 94.8 Å². The largest absolute Gasteiger partial charge is 0.493 e. The molecular weight excluding hydrogens is 614 g/mol. The van der Waals surface area contributed by atoms with Crippen molar-refractivity contribution in [2.75, 3.05) is 59.9 Å². The van der Waals surface area contributed by atoms with Gasteiger partial charge in [0.05, 0.1) is 25.7 Å². The zero-order valence-electron chi connectivity index (χ0n) is 28.3. The summed E-state index contributed by atoms with van der Waals surface area (Å²) in [5, 5.41) is 17.4. The van der Waals surface area contributed by atoms with Crippen LogP contribution in [0.15, 0.2) is 42.7 Å². The number of nitrogens with one attached hydrogen (secondary N) is 5. The van der Waals surface area contributed by atoms with Crippen LogP contribution in [0.1, 0.15) is 48.9 Å². The van der Waals surface area contributed by atoms with Gasteiger partial charge in [0.15, 0.2) is 17.8 Å². The fourth-order valence-electron chi connectivity index (χ4n) is 6.67. The van der Waals surface area contributed by atoms with Gasteiger partial charge in [-0.3, -0.25) is 9.59 Å². The number of amides is 2. The fraction of sp³-hybridized carbons (Fsp3) is 0.543. The maximum atomic E-state index is 12.9. The highest BCUT2D eigenvalue weighted by Crippen LogP contribution is 2.34. The Morgan fingerprint density at radius 1 is 0.854 bits per heavy atom. The van der Waals surface area contributed by atoms with Crippen LogP contribution in [0.4, 0.5) is 11.5 Å². The summed E-state index contributed by atoms with van der Waals surface area (Å²) in [5.41, 5.74) is 1.95. The number of piperidine rings is 2. The summed E-state index contributed by atoms with van der Waals surface area (Å²) in [6.45, 7) is 2.67. The van der Waals surface area contributed by atoms with Crippen LogP contribution in [0.2, 0.25) is 0 Å². The van der Waals surface area contributed by atoms with Gasteiger partial charge in [0, 0.05) is 81.1 Å². The van der Waals surface area contributed by atoms with Crippen molar-refractivity contribution in [2.24, 2.45) is 11.8 Å². The van der Waals surface area contributed by atoms with Gasteiger partial charge in [0.25, 0.3) is 5.91 Å². The lowest BCUT2D eigenvalue weighted by Gasteiger charge is -2.40. The highest BCUT2D eigenvalue weighted by molar-refractivity contribution is 5.96. The highest BCUT2D eigenvalue weighted by Gasteiger charge is 2.34. The molecule has 2 amide bonds. The van der Waals surface area contributed by atoms with Crippen molar-refractivity contribution in [3.8, 4) is 11.5 Å². The number of benzene rings is 2. The van der Waals surface area contributed by atoms with E-state index in [2.05, 4.69) is 36.6 Å². The molecule has 0 saturated carbocycles. The molecule has 260 valence electrons. The lowest BCUT2D eigenvalue weighted by atomic mass is 9.85. The molecule has 4 atom stereocenters. The number of methoxy groups -OCH3 is 4. The Hall–Kier alpha value is -4.04. The summed E-state index contributed by atoms with van der Waals surface area (Å²) in [4.78, 5) is 34.4. The number of aromatic nitrogens is 2. The molecule has 4 unspecified atom stereocenters. The number of anilines is 2. The average molecular weight is 664 g/mol. The second kappa shape index (κ2) is 17.4. The summed E-state index contributed by atoms with van der Waals surface area (Å²) in [7, 11) is 6.53. The Morgan fingerprint density at radius 3 is 2.23 bits per heavy atom. The lowest BCUT2D eigenvalue weighted by Crippen LogP contribution is -2.57. The first-order valence-electron chi connectivity index (χ1n) is 16.8. The number of nitrogens with zero attached hydrogens (tertiary/aromatic N) is 2. The normalized spacial score (nSPS) is 21.1. The molecule has 2 aromatic carbocycles. The molecule has 1 aromatic heterocycles. The van der Waals surface area contributed by atoms with Crippen molar-refractivity contribution in [1.29, 1.82) is 0 Å². The number of hydrogen-bond acceptors (Lipinski definition) is 11. The predicted octanol–water partition coefficient (Wildman–Crippen LogP) is 3.37. The minimum atomic E-state index is -0.169. The molecule has 13 nitrogen and oxygen atoms in total. The third-order valence-electron chi connectivity index (χ3n) is 9.37. The molecule has 0 radical (unpaired) electrons. The number of unbranched alkanes of at least 4 members (excludes halogenated alkanes) is 1. The zero-order valence-corrected chi connectivity index (χ0v) is 28.3. The number of ether oxygens (including phenoxy) is 4. The van der Waals surface area contributed by atoms with Crippen LogP contribution < -0.4 is 36.1 Å². The number of rotatable bonds is 15. The maximum absolute atomic E-state index is 12.9. The van der Waals surface area contributed by atoms with Gasteiger partial charge in [0.2, 0.25) is 5.91 Å². The predicted molar refractivity (Wildman–Crippen MR) is 184 cm³/mol. The van der Waals surface area contributed by atoms with E-state index < -0.39 is 0 Å². The van der Waals surface area contributed by atoms with Gasteiger partial charge in [0.1, 0.15) is 12.1 Å². The van der Waals surface area contributed by atoms with Crippen LogP contribution in [0.3, 0.4) is 0 Å². The standard InChI is InChI=1S/C35H49N7O6/c1-45-30-17-26-29(18-31(30)46-2)40-21-41-32(26)42-25-9-7-8-22(16-25)33(43)36-14-5-6-15-37-34(44)23-10-12-27(38-19-23)28-13-11-24(20-39-28)35(47-3)48-4/h7-9,16-18,21,23-24,27-28,35,38-39H,5-6,10-15,19-20H2,1-4H3,(H,36,43)(H,37,44)(H,40,41,42). The Kier molecular flexibility index (Phi) is 12.8. The molecule has 0 spiro atoms. The van der Waals surface area contributed by atoms with Crippen LogP contribution in [-0.2, 0) is 14.3 Å². The van der Waals surface area contributed by atoms with E-state index in [-0.39, 0.29) is 24.0 Å². The lowest BCUT2D eigenvalue weighted by molar-refractivity contribution is -0.142. The molecule has 2 aliphatic heterocycles. The molecule has 5 N–H and O–H groups in total. The SMILES string of the molecule is COc1cc2ncnc(Nc3cccc(C(=O)NCCCCNC(=O)C4CCC(C5CCC(C(OC)OC)CN5)NC4)c3)c2cc1OC. The fourth-order valence-corrected chi connectivity index (χ4v) is 6.67. The molecule has 2 fully saturated rings. The van der Waals surface area contributed by atoms with Crippen molar-refractivity contribution in [2.45, 2.75) is 56.9 Å². The average Bonchev–Trinajstić information content (AvgIpc) is 3.13. The first-order valence-corrected chi connectivity index (χ1v) is 16.8. The van der Waals surface area contributed by atoms with E-state index >= 15 is 0 Å².